The molecule has 4 rings (SSSR count). The molecule has 0 bridgehead atoms. The van der Waals surface area contributed by atoms with Gasteiger partial charge in [0.15, 0.2) is 0 Å². The van der Waals surface area contributed by atoms with Crippen LogP contribution < -0.4 is 4.74 Å². The van der Waals surface area contributed by atoms with Crippen LogP contribution in [0.2, 0.25) is 5.02 Å². The molecule has 6 heteroatoms. The minimum atomic E-state index is -0.867. The zero-order valence-electron chi connectivity index (χ0n) is 21.3. The van der Waals surface area contributed by atoms with E-state index in [0.29, 0.717) is 24.6 Å². The maximum Gasteiger partial charge on any atom is 0.407 e. The Bertz CT molecular complexity index is 1270. The minimum Gasteiger partial charge on any atom is -0.493 e. The monoisotopic (exact) mass is 569 g/mol. The van der Waals surface area contributed by atoms with Gasteiger partial charge in [0, 0.05) is 23.0 Å². The number of amides is 1. The molecule has 1 aliphatic heterocycles. The quantitative estimate of drug-likeness (QED) is 0.238. The maximum absolute atomic E-state index is 11.9. The molecule has 4 nitrogen and oxygen atoms in total. The predicted molar refractivity (Wildman–Crippen MR) is 152 cm³/mol. The van der Waals surface area contributed by atoms with Crippen LogP contribution in [0.3, 0.4) is 0 Å². The lowest BCUT2D eigenvalue weighted by atomic mass is 9.76. The van der Waals surface area contributed by atoms with Crippen LogP contribution in [0.5, 0.6) is 5.75 Å². The first-order chi connectivity index (χ1) is 17.1. The van der Waals surface area contributed by atoms with E-state index in [1.54, 1.807) is 4.90 Å². The van der Waals surface area contributed by atoms with E-state index in [2.05, 4.69) is 74.0 Å². The van der Waals surface area contributed by atoms with Gasteiger partial charge in [-0.3, -0.25) is 0 Å². The summed E-state index contributed by atoms with van der Waals surface area (Å²) in [6.07, 6.45) is 0.763. The van der Waals surface area contributed by atoms with E-state index in [0.717, 1.165) is 50.9 Å². The summed E-state index contributed by atoms with van der Waals surface area (Å²) in [5, 5.41) is 11.4. The van der Waals surface area contributed by atoms with Gasteiger partial charge >= 0.3 is 6.09 Å². The SMILES string of the molecule is Cc1c(OCCCBr)cccc1-c1cccc(-c2ccc3c(c2)CCN(C(=O)O)C3C(C)(C)C)c1Cl. The number of rotatable bonds is 6. The third-order valence-corrected chi connectivity index (χ3v) is 7.82. The number of hydrogen-bond acceptors (Lipinski definition) is 2. The highest BCUT2D eigenvalue weighted by molar-refractivity contribution is 9.09. The Labute approximate surface area is 227 Å². The second-order valence-corrected chi connectivity index (χ2v) is 11.6. The van der Waals surface area contributed by atoms with Crippen molar-refractivity contribution in [2.75, 3.05) is 18.5 Å². The number of benzene rings is 3. The van der Waals surface area contributed by atoms with E-state index < -0.39 is 6.09 Å². The van der Waals surface area contributed by atoms with E-state index in [-0.39, 0.29) is 11.5 Å². The van der Waals surface area contributed by atoms with Gasteiger partial charge in [0.1, 0.15) is 5.75 Å². The van der Waals surface area contributed by atoms with Gasteiger partial charge in [-0.1, -0.05) is 96.8 Å². The Hall–Kier alpha value is -2.50. The van der Waals surface area contributed by atoms with Crippen LogP contribution in [0.15, 0.2) is 54.6 Å². The Morgan fingerprint density at radius 3 is 2.50 bits per heavy atom. The maximum atomic E-state index is 11.9. The molecule has 190 valence electrons. The molecule has 0 saturated heterocycles. The molecule has 1 unspecified atom stereocenters. The average Bonchev–Trinajstić information content (AvgIpc) is 2.84. The van der Waals surface area contributed by atoms with Crippen LogP contribution in [0.4, 0.5) is 4.79 Å². The summed E-state index contributed by atoms with van der Waals surface area (Å²) in [6.45, 7) is 9.50. The summed E-state index contributed by atoms with van der Waals surface area (Å²) < 4.78 is 6.00. The summed E-state index contributed by atoms with van der Waals surface area (Å²) in [5.74, 6) is 0.875. The van der Waals surface area contributed by atoms with Gasteiger partial charge in [0.05, 0.1) is 17.7 Å². The Kier molecular flexibility index (Phi) is 8.01. The van der Waals surface area contributed by atoms with Gasteiger partial charge in [0.25, 0.3) is 0 Å². The van der Waals surface area contributed by atoms with Crippen molar-refractivity contribution in [3.8, 4) is 28.0 Å². The lowest BCUT2D eigenvalue weighted by Crippen LogP contribution is -2.44. The second kappa shape index (κ2) is 10.9. The number of fused-ring (bicyclic) bond motifs is 1. The van der Waals surface area contributed by atoms with E-state index in [1.165, 1.54) is 5.56 Å². The number of nitrogens with zero attached hydrogens (tertiary/aromatic N) is 1. The highest BCUT2D eigenvalue weighted by Gasteiger charge is 2.38. The van der Waals surface area contributed by atoms with Gasteiger partial charge in [-0.2, -0.15) is 0 Å². The van der Waals surface area contributed by atoms with Crippen molar-refractivity contribution >= 4 is 33.6 Å². The summed E-state index contributed by atoms with van der Waals surface area (Å²) in [7, 11) is 0. The number of alkyl halides is 1. The molecule has 3 aromatic rings. The molecule has 0 spiro atoms. The number of carboxylic acid groups (broad SMARTS) is 1. The summed E-state index contributed by atoms with van der Waals surface area (Å²) in [6, 6.07) is 18.4. The molecular formula is C30H33BrClNO3. The van der Waals surface area contributed by atoms with Crippen LogP contribution in [-0.2, 0) is 6.42 Å². The summed E-state index contributed by atoms with van der Waals surface area (Å²) in [4.78, 5) is 13.5. The molecule has 0 fully saturated rings. The molecule has 1 N–H and O–H groups in total. The third-order valence-electron chi connectivity index (χ3n) is 6.86. The van der Waals surface area contributed by atoms with Crippen LogP contribution in [-0.4, -0.2) is 34.6 Å². The largest absolute Gasteiger partial charge is 0.493 e. The molecule has 1 atom stereocenters. The van der Waals surface area contributed by atoms with Gasteiger partial charge in [-0.25, -0.2) is 4.79 Å². The fourth-order valence-electron chi connectivity index (χ4n) is 5.20. The predicted octanol–water partition coefficient (Wildman–Crippen LogP) is 8.77. The first kappa shape index (κ1) is 26.6. The van der Waals surface area contributed by atoms with E-state index >= 15 is 0 Å². The fourth-order valence-corrected chi connectivity index (χ4v) is 5.76. The third kappa shape index (κ3) is 5.28. The Morgan fingerprint density at radius 2 is 1.81 bits per heavy atom. The average molecular weight is 571 g/mol. The molecule has 0 aliphatic carbocycles. The molecule has 0 radical (unpaired) electrons. The van der Waals surface area contributed by atoms with Crippen molar-refractivity contribution in [2.45, 2.75) is 46.6 Å². The highest BCUT2D eigenvalue weighted by atomic mass is 79.9. The van der Waals surface area contributed by atoms with Crippen molar-refractivity contribution in [3.63, 3.8) is 0 Å². The van der Waals surface area contributed by atoms with Gasteiger partial charge in [0.2, 0.25) is 0 Å². The van der Waals surface area contributed by atoms with Crippen molar-refractivity contribution in [1.29, 1.82) is 0 Å². The van der Waals surface area contributed by atoms with Crippen molar-refractivity contribution in [1.82, 2.24) is 4.90 Å². The first-order valence-electron chi connectivity index (χ1n) is 12.3. The number of ether oxygens (including phenoxy) is 1. The molecule has 1 aliphatic rings. The normalized spacial score (nSPS) is 15.5. The summed E-state index contributed by atoms with van der Waals surface area (Å²) >= 11 is 10.5. The lowest BCUT2D eigenvalue weighted by Gasteiger charge is -2.43. The van der Waals surface area contributed by atoms with Crippen molar-refractivity contribution in [2.24, 2.45) is 5.41 Å². The fraction of sp³-hybridized carbons (Fsp3) is 0.367. The Balaban J connectivity index is 1.73. The first-order valence-corrected chi connectivity index (χ1v) is 13.8. The topological polar surface area (TPSA) is 49.8 Å². The zero-order valence-corrected chi connectivity index (χ0v) is 23.6. The zero-order chi connectivity index (χ0) is 26.0. The standard InChI is InChI=1S/C30H33BrClNO3/c1-19-22(8-6-11-26(19)36-17-7-15-31)25-10-5-9-23(27(25)32)20-12-13-24-21(18-20)14-16-33(29(34)35)28(24)30(2,3)4/h5-6,8-13,18,28H,7,14-17H2,1-4H3,(H,34,35). The smallest absolute Gasteiger partial charge is 0.407 e. The van der Waals surface area contributed by atoms with Crippen molar-refractivity contribution in [3.05, 3.63) is 76.3 Å². The molecule has 1 amide bonds. The van der Waals surface area contributed by atoms with E-state index in [4.69, 9.17) is 16.3 Å². The van der Waals surface area contributed by atoms with Gasteiger partial charge in [-0.15, -0.1) is 0 Å². The molecule has 0 aromatic heterocycles. The van der Waals surface area contributed by atoms with Gasteiger partial charge < -0.3 is 14.7 Å². The number of hydrogen-bond donors (Lipinski definition) is 1. The molecule has 3 aromatic carbocycles. The van der Waals surface area contributed by atoms with E-state index in [9.17, 15) is 9.90 Å². The second-order valence-electron chi connectivity index (χ2n) is 10.4. The van der Waals surface area contributed by atoms with Crippen LogP contribution in [0, 0.1) is 12.3 Å². The minimum absolute atomic E-state index is 0.190. The molecule has 0 saturated carbocycles. The molecular weight excluding hydrogens is 538 g/mol. The van der Waals surface area contributed by atoms with Crippen LogP contribution in [0.1, 0.15) is 49.9 Å². The van der Waals surface area contributed by atoms with Crippen LogP contribution >= 0.6 is 27.5 Å². The van der Waals surface area contributed by atoms with Gasteiger partial charge in [-0.05, 0) is 59.1 Å². The Morgan fingerprint density at radius 1 is 1.11 bits per heavy atom. The lowest BCUT2D eigenvalue weighted by molar-refractivity contribution is 0.0759. The molecule has 36 heavy (non-hydrogen) atoms. The number of halogens is 2. The van der Waals surface area contributed by atoms with Crippen LogP contribution in [0.25, 0.3) is 22.3 Å². The van der Waals surface area contributed by atoms with Crippen molar-refractivity contribution < 1.29 is 14.6 Å². The highest BCUT2D eigenvalue weighted by Crippen LogP contribution is 2.45. The summed E-state index contributed by atoms with van der Waals surface area (Å²) in [5.41, 5.74) is 7.15. The number of carbonyl (C=O) groups is 1. The van der Waals surface area contributed by atoms with E-state index in [1.807, 2.05) is 24.3 Å². The molecule has 1 heterocycles.